The van der Waals surface area contributed by atoms with Crippen molar-refractivity contribution in [3.63, 3.8) is 0 Å². The van der Waals surface area contributed by atoms with Crippen molar-refractivity contribution in [1.29, 1.82) is 0 Å². The van der Waals surface area contributed by atoms with Gasteiger partial charge in [-0.05, 0) is 52.9 Å². The van der Waals surface area contributed by atoms with Crippen LogP contribution in [-0.4, -0.2) is 107 Å². The molecule has 0 aromatic heterocycles. The zero-order valence-electron chi connectivity index (χ0n) is 23.6. The van der Waals surface area contributed by atoms with Crippen molar-refractivity contribution >= 4 is 34.8 Å². The number of aliphatic hydroxyl groups is 3. The Morgan fingerprint density at radius 2 is 1.85 bits per heavy atom. The lowest BCUT2D eigenvalue weighted by atomic mass is 9.57. The third kappa shape index (κ3) is 4.63. The van der Waals surface area contributed by atoms with Gasteiger partial charge in [0.15, 0.2) is 17.1 Å². The van der Waals surface area contributed by atoms with Crippen LogP contribution in [0.25, 0.3) is 5.76 Å². The second kappa shape index (κ2) is 10.8. The number of ether oxygens (including phenoxy) is 1. The van der Waals surface area contributed by atoms with Crippen LogP contribution in [0.2, 0.25) is 0 Å². The van der Waals surface area contributed by atoms with Crippen molar-refractivity contribution in [2.45, 2.75) is 37.8 Å². The van der Waals surface area contributed by atoms with E-state index in [1.165, 1.54) is 32.2 Å². The lowest BCUT2D eigenvalue weighted by molar-refractivity contribution is -0.153. The Bertz CT molecular complexity index is 1400. The molecule has 0 aliphatic heterocycles. The summed E-state index contributed by atoms with van der Waals surface area (Å²) < 4.78 is 5.52. The summed E-state index contributed by atoms with van der Waals surface area (Å²) in [6.07, 6.45) is 0.858. The smallest absolute Gasteiger partial charge is 0.255 e. The van der Waals surface area contributed by atoms with Crippen molar-refractivity contribution in [2.75, 3.05) is 46.7 Å². The maximum absolute atomic E-state index is 14.0. The molecule has 0 heterocycles. The molecule has 13 heteroatoms. The number of hydrogen-bond acceptors (Lipinski definition) is 11. The lowest BCUT2D eigenvalue weighted by Crippen LogP contribution is -2.65. The highest BCUT2D eigenvalue weighted by molar-refractivity contribution is 6.24. The molecule has 0 spiro atoms. The third-order valence-corrected chi connectivity index (χ3v) is 8.19. The third-order valence-electron chi connectivity index (χ3n) is 8.19. The first kappa shape index (κ1) is 30.0. The van der Waals surface area contributed by atoms with Crippen LogP contribution < -0.4 is 15.8 Å². The normalized spacial score (nSPS) is 25.7. The molecule has 0 unspecified atom stereocenters. The van der Waals surface area contributed by atoms with Crippen molar-refractivity contribution in [2.24, 2.45) is 17.6 Å². The first-order valence-corrected chi connectivity index (χ1v) is 13.3. The van der Waals surface area contributed by atoms with Crippen molar-refractivity contribution in [3.05, 3.63) is 34.1 Å². The highest BCUT2D eigenvalue weighted by Gasteiger charge is 2.64. The number of hydrogen-bond donors (Lipinski definition) is 6. The molecule has 1 fully saturated rings. The second-order valence-corrected chi connectivity index (χ2v) is 11.1. The minimum absolute atomic E-state index is 0.0360. The fourth-order valence-corrected chi connectivity index (χ4v) is 6.45. The number of fused-ring (bicyclic) bond motifs is 3. The minimum Gasteiger partial charge on any atom is -0.508 e. The molecule has 0 radical (unpaired) electrons. The van der Waals surface area contributed by atoms with Crippen LogP contribution in [0.3, 0.4) is 0 Å². The molecule has 13 nitrogen and oxygen atoms in total. The number of methoxy groups -OCH3 is 1. The summed E-state index contributed by atoms with van der Waals surface area (Å²) in [5.41, 5.74) is 1.57. The fourth-order valence-electron chi connectivity index (χ4n) is 6.45. The summed E-state index contributed by atoms with van der Waals surface area (Å²) in [4.78, 5) is 55.1. The van der Waals surface area contributed by atoms with E-state index in [1.807, 2.05) is 6.92 Å². The van der Waals surface area contributed by atoms with E-state index in [0.29, 0.717) is 12.1 Å². The maximum Gasteiger partial charge on any atom is 0.255 e. The number of anilines is 1. The molecule has 0 bridgehead atoms. The Morgan fingerprint density at radius 3 is 2.41 bits per heavy atom. The zero-order valence-corrected chi connectivity index (χ0v) is 23.6. The summed E-state index contributed by atoms with van der Waals surface area (Å²) >= 11 is 0. The number of phenols is 1. The number of aliphatic hydroxyl groups excluding tert-OH is 2. The number of amides is 2. The van der Waals surface area contributed by atoms with Gasteiger partial charge in [-0.25, -0.2) is 0 Å². The molecule has 1 saturated carbocycles. The molecular weight excluding hydrogens is 536 g/mol. The Morgan fingerprint density at radius 1 is 1.20 bits per heavy atom. The van der Waals surface area contributed by atoms with Gasteiger partial charge in [0.25, 0.3) is 5.91 Å². The highest BCUT2D eigenvalue weighted by atomic mass is 16.5. The highest BCUT2D eigenvalue weighted by Crippen LogP contribution is 2.54. The van der Waals surface area contributed by atoms with Gasteiger partial charge in [0.05, 0.1) is 30.9 Å². The Labute approximate surface area is 236 Å². The van der Waals surface area contributed by atoms with Gasteiger partial charge in [-0.15, -0.1) is 0 Å². The number of carbonyl (C=O) groups excluding carboxylic acids is 4. The van der Waals surface area contributed by atoms with Crippen LogP contribution in [0, 0.1) is 11.8 Å². The standard InChI is InChI=1S/C28H36N4O9/c1-6-7-32(4)11-17(33)30-15-10-16(41-5)13-8-12-9-14-21(31(2)3)24(36)20(27(29)39)26(38)28(14,40)25(37)18(12)23(35)19(13)22(15)34/h10,12,14,21,34-35,38,40H,6-9,11H2,1-5H3,(H2,29,39)(H,30,33)/t12-,14-,21-,28-/m0/s1. The first-order chi connectivity index (χ1) is 19.2. The Kier molecular flexibility index (Phi) is 7.91. The summed E-state index contributed by atoms with van der Waals surface area (Å²) in [6.45, 7) is 2.68. The molecule has 1 aromatic carbocycles. The quantitative estimate of drug-likeness (QED) is 0.184. The van der Waals surface area contributed by atoms with Gasteiger partial charge in [0.2, 0.25) is 11.7 Å². The van der Waals surface area contributed by atoms with Gasteiger partial charge >= 0.3 is 0 Å². The van der Waals surface area contributed by atoms with E-state index in [-0.39, 0.29) is 42.0 Å². The second-order valence-electron chi connectivity index (χ2n) is 11.1. The summed E-state index contributed by atoms with van der Waals surface area (Å²) in [5.74, 6) is -7.71. The van der Waals surface area contributed by atoms with Gasteiger partial charge in [-0.3, -0.25) is 29.0 Å². The molecule has 4 atom stereocenters. The molecule has 3 aliphatic carbocycles. The number of Topliss-reactive ketones (excluding diaryl/α,β-unsaturated/α-hetero) is 2. The lowest BCUT2D eigenvalue weighted by Gasteiger charge is -2.50. The topological polar surface area (TPSA) is 203 Å². The minimum atomic E-state index is -2.74. The summed E-state index contributed by atoms with van der Waals surface area (Å²) in [5, 5.41) is 47.9. The van der Waals surface area contributed by atoms with Crippen molar-refractivity contribution in [1.82, 2.24) is 9.80 Å². The molecule has 1 aromatic rings. The van der Waals surface area contributed by atoms with Gasteiger partial charge in [0, 0.05) is 23.1 Å². The Balaban J connectivity index is 1.86. The van der Waals surface area contributed by atoms with Gasteiger partial charge in [0.1, 0.15) is 22.8 Å². The summed E-state index contributed by atoms with van der Waals surface area (Å²) in [7, 11) is 6.21. The fraction of sp³-hybridized carbons (Fsp3) is 0.500. The predicted molar refractivity (Wildman–Crippen MR) is 147 cm³/mol. The SMILES string of the molecule is CCCN(C)CC(=O)Nc1cc(OC)c2c(c1O)C(O)=C1C(=O)[C@]3(O)C(O)=C(C(N)=O)C(=O)[C@@H](N(C)C)[C@@H]3C[C@@H]1C2. The van der Waals surface area contributed by atoms with Crippen LogP contribution >= 0.6 is 0 Å². The first-order valence-electron chi connectivity index (χ1n) is 13.3. The van der Waals surface area contributed by atoms with Gasteiger partial charge in [-0.2, -0.15) is 0 Å². The van der Waals surface area contributed by atoms with E-state index < -0.39 is 69.7 Å². The van der Waals surface area contributed by atoms with E-state index in [0.717, 1.165) is 6.42 Å². The van der Waals surface area contributed by atoms with Crippen LogP contribution in [-0.2, 0) is 25.6 Å². The van der Waals surface area contributed by atoms with Gasteiger partial charge < -0.3 is 36.2 Å². The number of phenolic OH excluding ortho intramolecular Hbond substituents is 1. The molecular formula is C28H36N4O9. The van der Waals surface area contributed by atoms with Crippen LogP contribution in [0.5, 0.6) is 11.5 Å². The predicted octanol–water partition coefficient (Wildman–Crippen LogP) is 0.253. The monoisotopic (exact) mass is 572 g/mol. The average molecular weight is 573 g/mol. The molecule has 2 amide bonds. The van der Waals surface area contributed by atoms with Crippen LogP contribution in [0.4, 0.5) is 5.69 Å². The molecule has 4 rings (SSSR count). The number of aromatic hydroxyl groups is 1. The number of ketones is 2. The van der Waals surface area contributed by atoms with E-state index >= 15 is 0 Å². The number of nitrogens with one attached hydrogen (secondary N) is 1. The average Bonchev–Trinajstić information content (AvgIpc) is 2.87. The number of rotatable bonds is 8. The molecule has 41 heavy (non-hydrogen) atoms. The molecule has 7 N–H and O–H groups in total. The van der Waals surface area contributed by atoms with E-state index in [2.05, 4.69) is 5.32 Å². The number of benzene rings is 1. The largest absolute Gasteiger partial charge is 0.508 e. The number of likely N-dealkylation sites (N-methyl/N-ethyl adjacent to an activating group) is 2. The zero-order chi connectivity index (χ0) is 30.5. The molecule has 3 aliphatic rings. The van der Waals surface area contributed by atoms with Crippen molar-refractivity contribution in [3.8, 4) is 11.5 Å². The maximum atomic E-state index is 14.0. The van der Waals surface area contributed by atoms with Crippen LogP contribution in [0.1, 0.15) is 30.9 Å². The van der Waals surface area contributed by atoms with E-state index in [1.54, 1.807) is 11.9 Å². The van der Waals surface area contributed by atoms with E-state index in [4.69, 9.17) is 10.5 Å². The molecule has 0 saturated heterocycles. The van der Waals surface area contributed by atoms with Crippen LogP contribution in [0.15, 0.2) is 23.0 Å². The Hall–Kier alpha value is -3.94. The number of nitrogens with two attached hydrogens (primary N) is 1. The van der Waals surface area contributed by atoms with Crippen molar-refractivity contribution < 1.29 is 44.3 Å². The summed E-state index contributed by atoms with van der Waals surface area (Å²) in [6, 6.07) is 0.247. The van der Waals surface area contributed by atoms with E-state index in [9.17, 15) is 39.6 Å². The molecule has 222 valence electrons. The number of nitrogens with zero attached hydrogens (tertiary/aromatic N) is 2. The van der Waals surface area contributed by atoms with Gasteiger partial charge in [-0.1, -0.05) is 6.92 Å². The number of primary amides is 1. The number of carbonyl (C=O) groups is 4.